The molecule has 2 aromatic carbocycles. The predicted molar refractivity (Wildman–Crippen MR) is 117 cm³/mol. The predicted octanol–water partition coefficient (Wildman–Crippen LogP) is 3.95. The zero-order valence-electron chi connectivity index (χ0n) is 16.4. The van der Waals surface area contributed by atoms with Crippen LogP contribution >= 0.6 is 27.5 Å². The second kappa shape index (κ2) is 9.49. The van der Waals surface area contributed by atoms with E-state index >= 15 is 0 Å². The normalized spacial score (nSPS) is 15.8. The van der Waals surface area contributed by atoms with E-state index in [0.717, 1.165) is 10.0 Å². The van der Waals surface area contributed by atoms with Crippen LogP contribution in [0.1, 0.15) is 12.0 Å². The van der Waals surface area contributed by atoms with Crippen molar-refractivity contribution in [3.05, 3.63) is 51.5 Å². The van der Waals surface area contributed by atoms with Crippen molar-refractivity contribution in [2.24, 2.45) is 5.92 Å². The Labute approximate surface area is 187 Å². The van der Waals surface area contributed by atoms with Gasteiger partial charge in [-0.05, 0) is 48.9 Å². The van der Waals surface area contributed by atoms with Crippen molar-refractivity contribution in [2.75, 3.05) is 30.5 Å². The molecule has 1 aliphatic rings. The fourth-order valence-corrected chi connectivity index (χ4v) is 3.82. The van der Waals surface area contributed by atoms with Crippen molar-refractivity contribution in [3.8, 4) is 5.75 Å². The average molecular weight is 496 g/mol. The molecule has 0 unspecified atom stereocenters. The van der Waals surface area contributed by atoms with Crippen molar-refractivity contribution >= 4 is 56.7 Å². The largest absolute Gasteiger partial charge is 0.495 e. The number of nitrogens with one attached hydrogen (secondary N) is 1. The van der Waals surface area contributed by atoms with Gasteiger partial charge >= 0.3 is 5.97 Å². The molecule has 1 fully saturated rings. The first-order valence-corrected chi connectivity index (χ1v) is 10.3. The molecule has 9 heteroatoms. The van der Waals surface area contributed by atoms with Crippen LogP contribution in [0.3, 0.4) is 0 Å². The lowest BCUT2D eigenvalue weighted by Crippen LogP contribution is -2.28. The molecule has 0 radical (unpaired) electrons. The maximum absolute atomic E-state index is 12.4. The summed E-state index contributed by atoms with van der Waals surface area (Å²) in [5, 5.41) is 3.15. The highest BCUT2D eigenvalue weighted by molar-refractivity contribution is 9.10. The van der Waals surface area contributed by atoms with Crippen LogP contribution < -0.4 is 15.0 Å². The van der Waals surface area contributed by atoms with Crippen LogP contribution in [0.4, 0.5) is 11.4 Å². The molecule has 30 heavy (non-hydrogen) atoms. The first-order chi connectivity index (χ1) is 14.3. The summed E-state index contributed by atoms with van der Waals surface area (Å²) in [5.41, 5.74) is 2.00. The molecule has 1 saturated heterocycles. The highest BCUT2D eigenvalue weighted by Crippen LogP contribution is 2.35. The van der Waals surface area contributed by atoms with Crippen molar-refractivity contribution in [1.29, 1.82) is 0 Å². The number of hydrogen-bond donors (Lipinski definition) is 1. The first-order valence-electron chi connectivity index (χ1n) is 9.15. The van der Waals surface area contributed by atoms with E-state index in [1.54, 1.807) is 30.3 Å². The van der Waals surface area contributed by atoms with Crippen molar-refractivity contribution < 1.29 is 23.9 Å². The summed E-state index contributed by atoms with van der Waals surface area (Å²) in [6.45, 7) is 1.55. The topological polar surface area (TPSA) is 84.9 Å². The molecule has 1 aliphatic heterocycles. The molecule has 7 nitrogen and oxygen atoms in total. The molecule has 2 aromatic rings. The maximum atomic E-state index is 12.4. The van der Waals surface area contributed by atoms with Crippen LogP contribution in [0.15, 0.2) is 40.9 Å². The third-order valence-electron chi connectivity index (χ3n) is 4.70. The zero-order chi connectivity index (χ0) is 21.8. The molecule has 1 N–H and O–H groups in total. The lowest BCUT2D eigenvalue weighted by atomic mass is 10.1. The molecule has 0 aromatic heterocycles. The Balaban J connectivity index is 1.58. The number of aryl methyl sites for hydroxylation is 1. The molecule has 158 valence electrons. The molecule has 1 heterocycles. The highest BCUT2D eigenvalue weighted by Gasteiger charge is 2.37. The van der Waals surface area contributed by atoms with Crippen molar-refractivity contribution in [2.45, 2.75) is 13.3 Å². The van der Waals surface area contributed by atoms with E-state index < -0.39 is 24.4 Å². The van der Waals surface area contributed by atoms with E-state index in [4.69, 9.17) is 21.1 Å². The van der Waals surface area contributed by atoms with Crippen LogP contribution in [0.5, 0.6) is 5.75 Å². The van der Waals surface area contributed by atoms with Gasteiger partial charge in [0, 0.05) is 28.1 Å². The number of ether oxygens (including phenoxy) is 2. The number of carbonyl (C=O) groups excluding carboxylic acids is 3. The van der Waals surface area contributed by atoms with E-state index in [1.807, 2.05) is 13.0 Å². The van der Waals surface area contributed by atoms with Gasteiger partial charge in [-0.25, -0.2) is 0 Å². The summed E-state index contributed by atoms with van der Waals surface area (Å²) in [4.78, 5) is 38.4. The Morgan fingerprint density at radius 2 is 2.03 bits per heavy atom. The summed E-state index contributed by atoms with van der Waals surface area (Å²) in [6, 6.07) is 10.3. The standard InChI is InChI=1S/C21H20BrClN2O5/c1-12-7-14(22)3-5-16(12)24-19(26)11-30-21(28)13-8-20(27)25(10-13)17-9-15(23)4-6-18(17)29-2/h3-7,9,13H,8,10-11H2,1-2H3,(H,24,26)/t13-/m1/s1. The van der Waals surface area contributed by atoms with Crippen LogP contribution in [0.25, 0.3) is 0 Å². The first kappa shape index (κ1) is 22.1. The minimum absolute atomic E-state index is 0.0120. The number of benzene rings is 2. The quantitative estimate of drug-likeness (QED) is 0.613. The summed E-state index contributed by atoms with van der Waals surface area (Å²) in [5.74, 6) is -1.50. The number of anilines is 2. The number of methoxy groups -OCH3 is 1. The molecule has 2 amide bonds. The third-order valence-corrected chi connectivity index (χ3v) is 5.43. The molecule has 0 aliphatic carbocycles. The summed E-state index contributed by atoms with van der Waals surface area (Å²) in [6.07, 6.45) is -0.0120. The van der Waals surface area contributed by atoms with Gasteiger partial charge in [-0.2, -0.15) is 0 Å². The molecule has 0 bridgehead atoms. The van der Waals surface area contributed by atoms with Crippen LogP contribution in [0.2, 0.25) is 5.02 Å². The third kappa shape index (κ3) is 5.12. The molecular formula is C21H20BrClN2O5. The van der Waals surface area contributed by atoms with Gasteiger partial charge in [-0.3, -0.25) is 14.4 Å². The number of rotatable bonds is 6. The Bertz CT molecular complexity index is 997. The minimum atomic E-state index is -0.677. The van der Waals surface area contributed by atoms with Gasteiger partial charge in [0.15, 0.2) is 6.61 Å². The highest BCUT2D eigenvalue weighted by atomic mass is 79.9. The van der Waals surface area contributed by atoms with E-state index in [9.17, 15) is 14.4 Å². The fourth-order valence-electron chi connectivity index (χ4n) is 3.18. The van der Waals surface area contributed by atoms with Gasteiger partial charge in [-0.1, -0.05) is 27.5 Å². The second-order valence-corrected chi connectivity index (χ2v) is 8.19. The number of amides is 2. The van der Waals surface area contributed by atoms with Crippen molar-refractivity contribution in [1.82, 2.24) is 0 Å². The van der Waals surface area contributed by atoms with E-state index in [-0.39, 0.29) is 18.9 Å². The smallest absolute Gasteiger partial charge is 0.311 e. The molecule has 3 rings (SSSR count). The van der Waals surface area contributed by atoms with E-state index in [1.165, 1.54) is 12.0 Å². The van der Waals surface area contributed by atoms with Gasteiger partial charge < -0.3 is 19.7 Å². The second-order valence-electron chi connectivity index (χ2n) is 6.84. The SMILES string of the molecule is COc1ccc(Cl)cc1N1C[C@H](C(=O)OCC(=O)Nc2ccc(Br)cc2C)CC1=O. The van der Waals surface area contributed by atoms with Crippen LogP contribution in [-0.4, -0.2) is 38.0 Å². The summed E-state index contributed by atoms with van der Waals surface area (Å²) in [7, 11) is 1.49. The molecule has 0 saturated carbocycles. The lowest BCUT2D eigenvalue weighted by molar-refractivity contribution is -0.151. The van der Waals surface area contributed by atoms with E-state index in [0.29, 0.717) is 22.1 Å². The van der Waals surface area contributed by atoms with Crippen LogP contribution in [-0.2, 0) is 19.1 Å². The van der Waals surface area contributed by atoms with Gasteiger partial charge in [0.25, 0.3) is 5.91 Å². The number of hydrogen-bond acceptors (Lipinski definition) is 5. The number of halogens is 2. The fraction of sp³-hybridized carbons (Fsp3) is 0.286. The Kier molecular flexibility index (Phi) is 6.99. The zero-order valence-corrected chi connectivity index (χ0v) is 18.7. The number of esters is 1. The Morgan fingerprint density at radius 3 is 2.73 bits per heavy atom. The summed E-state index contributed by atoms with van der Waals surface area (Å²) < 4.78 is 11.3. The van der Waals surface area contributed by atoms with Gasteiger partial charge in [0.1, 0.15) is 5.75 Å². The number of nitrogens with zero attached hydrogens (tertiary/aromatic N) is 1. The minimum Gasteiger partial charge on any atom is -0.495 e. The molecule has 0 spiro atoms. The Morgan fingerprint density at radius 1 is 1.27 bits per heavy atom. The monoisotopic (exact) mass is 494 g/mol. The van der Waals surface area contributed by atoms with Gasteiger partial charge in [-0.15, -0.1) is 0 Å². The Hall–Kier alpha value is -2.58. The lowest BCUT2D eigenvalue weighted by Gasteiger charge is -2.19. The molecule has 1 atom stereocenters. The summed E-state index contributed by atoms with van der Waals surface area (Å²) >= 11 is 9.40. The van der Waals surface area contributed by atoms with Crippen LogP contribution in [0, 0.1) is 12.8 Å². The van der Waals surface area contributed by atoms with Crippen molar-refractivity contribution in [3.63, 3.8) is 0 Å². The van der Waals surface area contributed by atoms with E-state index in [2.05, 4.69) is 21.2 Å². The average Bonchev–Trinajstić information content (AvgIpc) is 3.10. The molecular weight excluding hydrogens is 476 g/mol. The van der Waals surface area contributed by atoms with Gasteiger partial charge in [0.2, 0.25) is 5.91 Å². The van der Waals surface area contributed by atoms with Gasteiger partial charge in [0.05, 0.1) is 18.7 Å². The maximum Gasteiger partial charge on any atom is 0.311 e. The number of carbonyl (C=O) groups is 3.